The van der Waals surface area contributed by atoms with E-state index >= 15 is 0 Å². The summed E-state index contributed by atoms with van der Waals surface area (Å²) < 4.78 is 33.1. The predicted octanol–water partition coefficient (Wildman–Crippen LogP) is 2.61. The third kappa shape index (κ3) is 3.88. The van der Waals surface area contributed by atoms with Gasteiger partial charge in [0, 0.05) is 12.6 Å². The van der Waals surface area contributed by atoms with Gasteiger partial charge in [-0.3, -0.25) is 4.79 Å². The average molecular weight is 381 g/mol. The summed E-state index contributed by atoms with van der Waals surface area (Å²) in [4.78, 5) is 12.9. The summed E-state index contributed by atoms with van der Waals surface area (Å²) in [5, 5.41) is 3.08. The van der Waals surface area contributed by atoms with Crippen molar-refractivity contribution in [1.29, 1.82) is 0 Å². The molecule has 0 spiro atoms. The number of amides is 1. The zero-order chi connectivity index (χ0) is 18.7. The summed E-state index contributed by atoms with van der Waals surface area (Å²) in [5.74, 6) is 0.151. The van der Waals surface area contributed by atoms with E-state index in [0.717, 1.165) is 31.2 Å². The third-order valence-corrected chi connectivity index (χ3v) is 7.29. The zero-order valence-corrected chi connectivity index (χ0v) is 16.3. The van der Waals surface area contributed by atoms with Crippen molar-refractivity contribution in [2.45, 2.75) is 68.8 Å². The van der Waals surface area contributed by atoms with Gasteiger partial charge in [0.1, 0.15) is 16.7 Å². The summed E-state index contributed by atoms with van der Waals surface area (Å²) in [6, 6.07) is 4.63. The number of nitrogens with one attached hydrogen (secondary N) is 1. The molecule has 0 unspecified atom stereocenters. The van der Waals surface area contributed by atoms with E-state index in [1.807, 2.05) is 13.0 Å². The molecule has 2 fully saturated rings. The number of nitrogens with zero attached hydrogens (tertiary/aromatic N) is 1. The Kier molecular flexibility index (Phi) is 5.87. The zero-order valence-electron chi connectivity index (χ0n) is 15.5. The van der Waals surface area contributed by atoms with Crippen LogP contribution in [0.3, 0.4) is 0 Å². The Balaban J connectivity index is 1.82. The lowest BCUT2D eigenvalue weighted by atomic mass is 9.95. The van der Waals surface area contributed by atoms with Crippen LogP contribution in [0.2, 0.25) is 0 Å². The number of benzene rings is 1. The Morgan fingerprint density at radius 1 is 1.15 bits per heavy atom. The number of hydrogen-bond acceptors (Lipinski definition) is 4. The van der Waals surface area contributed by atoms with Gasteiger partial charge in [-0.1, -0.05) is 25.3 Å². The van der Waals surface area contributed by atoms with Crippen molar-refractivity contribution in [3.8, 4) is 5.75 Å². The topological polar surface area (TPSA) is 75.7 Å². The fourth-order valence-electron chi connectivity index (χ4n) is 3.95. The molecule has 6 nitrogen and oxygen atoms in total. The van der Waals surface area contributed by atoms with E-state index in [1.165, 1.54) is 17.8 Å². The smallest absolute Gasteiger partial charge is 0.247 e. The highest BCUT2D eigenvalue weighted by molar-refractivity contribution is 7.89. The van der Waals surface area contributed by atoms with Crippen LogP contribution in [-0.2, 0) is 14.8 Å². The van der Waals surface area contributed by atoms with Crippen LogP contribution in [0, 0.1) is 6.92 Å². The summed E-state index contributed by atoms with van der Waals surface area (Å²) in [7, 11) is -2.33. The van der Waals surface area contributed by atoms with Gasteiger partial charge in [-0.2, -0.15) is 4.31 Å². The molecule has 1 aromatic rings. The second kappa shape index (κ2) is 7.96. The van der Waals surface area contributed by atoms with Gasteiger partial charge in [-0.15, -0.1) is 0 Å². The number of rotatable bonds is 5. The molecule has 1 N–H and O–H groups in total. The predicted molar refractivity (Wildman–Crippen MR) is 99.7 cm³/mol. The molecule has 0 radical (unpaired) electrons. The van der Waals surface area contributed by atoms with E-state index < -0.39 is 16.1 Å². The van der Waals surface area contributed by atoms with E-state index in [0.29, 0.717) is 25.1 Å². The lowest BCUT2D eigenvalue weighted by Crippen LogP contribution is -2.49. The fourth-order valence-corrected chi connectivity index (χ4v) is 5.84. The van der Waals surface area contributed by atoms with Gasteiger partial charge in [0.2, 0.25) is 15.9 Å². The van der Waals surface area contributed by atoms with Gasteiger partial charge in [-0.05, 0) is 50.3 Å². The molecule has 1 aromatic carbocycles. The number of carbonyl (C=O) groups excluding carboxylic acids is 1. The van der Waals surface area contributed by atoms with Crippen LogP contribution >= 0.6 is 0 Å². The van der Waals surface area contributed by atoms with Crippen LogP contribution < -0.4 is 10.1 Å². The van der Waals surface area contributed by atoms with Gasteiger partial charge in [0.15, 0.2) is 0 Å². The van der Waals surface area contributed by atoms with E-state index in [9.17, 15) is 13.2 Å². The van der Waals surface area contributed by atoms with Crippen molar-refractivity contribution >= 4 is 15.9 Å². The number of methoxy groups -OCH3 is 1. The van der Waals surface area contributed by atoms with Crippen LogP contribution in [0.4, 0.5) is 0 Å². The van der Waals surface area contributed by atoms with Gasteiger partial charge >= 0.3 is 0 Å². The Bertz CT molecular complexity index is 757. The average Bonchev–Trinajstić information content (AvgIpc) is 3.13. The van der Waals surface area contributed by atoms with Crippen molar-refractivity contribution in [2.75, 3.05) is 13.7 Å². The largest absolute Gasteiger partial charge is 0.495 e. The lowest BCUT2D eigenvalue weighted by Gasteiger charge is -2.28. The molecule has 7 heteroatoms. The Hall–Kier alpha value is -1.60. The summed E-state index contributed by atoms with van der Waals surface area (Å²) in [6.45, 7) is 2.21. The van der Waals surface area contributed by atoms with Crippen LogP contribution in [0.5, 0.6) is 5.75 Å². The summed E-state index contributed by atoms with van der Waals surface area (Å²) >= 11 is 0. The summed E-state index contributed by atoms with van der Waals surface area (Å²) in [6.07, 6.45) is 6.68. The maximum Gasteiger partial charge on any atom is 0.247 e. The minimum atomic E-state index is -3.79. The molecule has 1 aliphatic heterocycles. The normalized spacial score (nSPS) is 22.3. The molecule has 3 rings (SSSR count). The fraction of sp³-hybridized carbons (Fsp3) is 0.632. The molecule has 2 aliphatic rings. The highest BCUT2D eigenvalue weighted by Crippen LogP contribution is 2.32. The maximum atomic E-state index is 13.2. The number of aryl methyl sites for hydroxylation is 1. The first-order valence-corrected chi connectivity index (χ1v) is 10.8. The molecule has 1 atom stereocenters. The monoisotopic (exact) mass is 380 g/mol. The van der Waals surface area contributed by atoms with Gasteiger partial charge < -0.3 is 10.1 Å². The molecule has 0 bridgehead atoms. The Labute approximate surface area is 156 Å². The highest BCUT2D eigenvalue weighted by atomic mass is 32.2. The molecule has 1 aliphatic carbocycles. The van der Waals surface area contributed by atoms with Crippen molar-refractivity contribution < 1.29 is 17.9 Å². The molecule has 144 valence electrons. The molecule has 26 heavy (non-hydrogen) atoms. The lowest BCUT2D eigenvalue weighted by molar-refractivity contribution is -0.125. The second-order valence-electron chi connectivity index (χ2n) is 7.27. The molecule has 1 heterocycles. The van der Waals surface area contributed by atoms with Crippen LogP contribution in [0.25, 0.3) is 0 Å². The van der Waals surface area contributed by atoms with E-state index in [1.54, 1.807) is 12.1 Å². The van der Waals surface area contributed by atoms with Crippen molar-refractivity contribution in [3.05, 3.63) is 23.8 Å². The first-order valence-electron chi connectivity index (χ1n) is 9.40. The molecular weight excluding hydrogens is 352 g/mol. The molecule has 1 saturated heterocycles. The number of carbonyl (C=O) groups is 1. The van der Waals surface area contributed by atoms with Gasteiger partial charge in [0.25, 0.3) is 0 Å². The quantitative estimate of drug-likeness (QED) is 0.852. The minimum Gasteiger partial charge on any atom is -0.495 e. The van der Waals surface area contributed by atoms with E-state index in [-0.39, 0.29) is 16.8 Å². The third-order valence-electron chi connectivity index (χ3n) is 5.36. The second-order valence-corrected chi connectivity index (χ2v) is 9.13. The number of sulfonamides is 1. The van der Waals surface area contributed by atoms with E-state index in [2.05, 4.69) is 5.32 Å². The molecular formula is C19H28N2O4S. The van der Waals surface area contributed by atoms with Gasteiger partial charge in [-0.25, -0.2) is 8.42 Å². The SMILES string of the molecule is COc1ccc(C)cc1S(=O)(=O)N1CCC[C@H]1C(=O)NC1CCCCC1. The Morgan fingerprint density at radius 3 is 2.58 bits per heavy atom. The first kappa shape index (κ1) is 19.2. The van der Waals surface area contributed by atoms with E-state index in [4.69, 9.17) is 4.74 Å². The van der Waals surface area contributed by atoms with Crippen molar-refractivity contribution in [3.63, 3.8) is 0 Å². The molecule has 1 amide bonds. The van der Waals surface area contributed by atoms with Crippen LogP contribution in [0.15, 0.2) is 23.1 Å². The summed E-state index contributed by atoms with van der Waals surface area (Å²) in [5.41, 5.74) is 0.840. The molecule has 0 aromatic heterocycles. The van der Waals surface area contributed by atoms with Crippen LogP contribution in [-0.4, -0.2) is 44.4 Å². The maximum absolute atomic E-state index is 13.2. The number of hydrogen-bond donors (Lipinski definition) is 1. The minimum absolute atomic E-state index is 0.136. The van der Waals surface area contributed by atoms with Gasteiger partial charge in [0.05, 0.1) is 7.11 Å². The first-order chi connectivity index (χ1) is 12.4. The number of ether oxygens (including phenoxy) is 1. The molecule has 1 saturated carbocycles. The van der Waals surface area contributed by atoms with Crippen molar-refractivity contribution in [1.82, 2.24) is 9.62 Å². The van der Waals surface area contributed by atoms with Crippen molar-refractivity contribution in [2.24, 2.45) is 0 Å². The van der Waals surface area contributed by atoms with Crippen LogP contribution in [0.1, 0.15) is 50.5 Å². The Morgan fingerprint density at radius 2 is 1.88 bits per heavy atom. The standard InChI is InChI=1S/C19H28N2O4S/c1-14-10-11-17(25-2)18(13-14)26(23,24)21-12-6-9-16(21)19(22)20-15-7-4-3-5-8-15/h10-11,13,15-16H,3-9,12H2,1-2H3,(H,20,22)/t16-/m0/s1. The highest BCUT2D eigenvalue weighted by Gasteiger charge is 2.41.